The van der Waals surface area contributed by atoms with Crippen molar-refractivity contribution < 1.29 is 14.3 Å². The molecule has 0 aliphatic heterocycles. The number of ether oxygens (including phenoxy) is 1. The van der Waals surface area contributed by atoms with E-state index in [1.165, 1.54) is 0 Å². The highest BCUT2D eigenvalue weighted by atomic mass is 35.5. The van der Waals surface area contributed by atoms with Crippen LogP contribution in [0.4, 0.5) is 0 Å². The molecule has 1 aromatic rings. The molecular weight excluding hydrogens is 276 g/mol. The number of ketones is 1. The normalized spacial score (nSPS) is 26.8. The molecule has 0 spiro atoms. The Labute approximate surface area is 122 Å². The topological polar surface area (TPSA) is 43.4 Å². The number of rotatable bonds is 4. The second-order valence-electron chi connectivity index (χ2n) is 5.42. The third kappa shape index (κ3) is 2.63. The summed E-state index contributed by atoms with van der Waals surface area (Å²) in [5.74, 6) is 0.309. The van der Waals surface area contributed by atoms with Crippen molar-refractivity contribution >= 4 is 23.4 Å². The molecule has 2 aliphatic carbocycles. The Balaban J connectivity index is 1.54. The predicted octanol–water partition coefficient (Wildman–Crippen LogP) is 3.28. The fraction of sp³-hybridized carbons (Fsp3) is 0.375. The molecule has 0 heterocycles. The van der Waals surface area contributed by atoms with Crippen molar-refractivity contribution in [3.8, 4) is 0 Å². The first kappa shape index (κ1) is 13.4. The van der Waals surface area contributed by atoms with Crippen LogP contribution in [0.5, 0.6) is 0 Å². The lowest BCUT2D eigenvalue weighted by molar-refractivity contribution is -0.148. The van der Waals surface area contributed by atoms with Crippen LogP contribution >= 0.6 is 11.6 Å². The van der Waals surface area contributed by atoms with Gasteiger partial charge in [-0.2, -0.15) is 0 Å². The van der Waals surface area contributed by atoms with Crippen molar-refractivity contribution in [2.45, 2.75) is 12.8 Å². The van der Waals surface area contributed by atoms with Crippen molar-refractivity contribution in [3.05, 3.63) is 47.0 Å². The van der Waals surface area contributed by atoms with E-state index in [4.69, 9.17) is 16.3 Å². The second-order valence-corrected chi connectivity index (χ2v) is 5.86. The van der Waals surface area contributed by atoms with Crippen LogP contribution in [0.1, 0.15) is 23.2 Å². The molecule has 2 bridgehead atoms. The van der Waals surface area contributed by atoms with Gasteiger partial charge in [0.25, 0.3) is 0 Å². The van der Waals surface area contributed by atoms with Gasteiger partial charge in [0.15, 0.2) is 12.4 Å². The second kappa shape index (κ2) is 5.41. The highest BCUT2D eigenvalue weighted by Crippen LogP contribution is 2.43. The molecule has 104 valence electrons. The minimum atomic E-state index is -0.246. The Morgan fingerprint density at radius 2 is 1.90 bits per heavy atom. The maximum atomic E-state index is 12.0. The third-order valence-electron chi connectivity index (χ3n) is 4.09. The Morgan fingerprint density at radius 3 is 2.50 bits per heavy atom. The molecule has 0 unspecified atom stereocenters. The van der Waals surface area contributed by atoms with Gasteiger partial charge in [0.1, 0.15) is 0 Å². The molecule has 1 saturated carbocycles. The molecule has 1 fully saturated rings. The predicted molar refractivity (Wildman–Crippen MR) is 75.6 cm³/mol. The Bertz CT molecular complexity index is 562. The van der Waals surface area contributed by atoms with Crippen LogP contribution in [0.25, 0.3) is 0 Å². The lowest BCUT2D eigenvalue weighted by Crippen LogP contribution is -2.24. The summed E-state index contributed by atoms with van der Waals surface area (Å²) in [6, 6.07) is 6.58. The van der Waals surface area contributed by atoms with Gasteiger partial charge in [-0.15, -0.1) is 0 Å². The Morgan fingerprint density at radius 1 is 1.15 bits per heavy atom. The van der Waals surface area contributed by atoms with Crippen LogP contribution in [0.3, 0.4) is 0 Å². The van der Waals surface area contributed by atoms with Gasteiger partial charge >= 0.3 is 5.97 Å². The van der Waals surface area contributed by atoms with Crippen molar-refractivity contribution in [2.75, 3.05) is 6.61 Å². The number of allylic oxidation sites excluding steroid dienone is 2. The Hall–Kier alpha value is -1.61. The fourth-order valence-corrected chi connectivity index (χ4v) is 3.14. The quantitative estimate of drug-likeness (QED) is 0.485. The van der Waals surface area contributed by atoms with Gasteiger partial charge in [0.2, 0.25) is 0 Å². The summed E-state index contributed by atoms with van der Waals surface area (Å²) in [5, 5.41) is 0.576. The highest BCUT2D eigenvalue weighted by Gasteiger charge is 2.40. The van der Waals surface area contributed by atoms with E-state index < -0.39 is 0 Å². The number of carbonyl (C=O) groups is 2. The number of Topliss-reactive ketones (excluding diaryl/α,β-unsaturated/α-hetero) is 1. The summed E-state index contributed by atoms with van der Waals surface area (Å²) in [4.78, 5) is 23.9. The van der Waals surface area contributed by atoms with Gasteiger partial charge in [-0.05, 0) is 48.9 Å². The van der Waals surface area contributed by atoms with Crippen LogP contribution in [-0.2, 0) is 9.53 Å². The number of hydrogen-bond donors (Lipinski definition) is 0. The average Bonchev–Trinajstić information content (AvgIpc) is 3.08. The molecule has 3 rings (SSSR count). The number of esters is 1. The lowest BCUT2D eigenvalue weighted by atomic mass is 9.94. The van der Waals surface area contributed by atoms with E-state index in [1.807, 2.05) is 0 Å². The first-order valence-electron chi connectivity index (χ1n) is 6.77. The molecule has 0 aromatic heterocycles. The van der Waals surface area contributed by atoms with Crippen molar-refractivity contribution in [3.63, 3.8) is 0 Å². The molecule has 0 amide bonds. The molecule has 0 N–H and O–H groups in total. The van der Waals surface area contributed by atoms with Gasteiger partial charge in [-0.25, -0.2) is 0 Å². The van der Waals surface area contributed by atoms with E-state index in [-0.39, 0.29) is 24.3 Å². The van der Waals surface area contributed by atoms with E-state index in [9.17, 15) is 9.59 Å². The molecule has 2 aliphatic rings. The highest BCUT2D eigenvalue weighted by molar-refractivity contribution is 6.30. The van der Waals surface area contributed by atoms with Crippen LogP contribution < -0.4 is 0 Å². The van der Waals surface area contributed by atoms with E-state index in [0.717, 1.165) is 12.8 Å². The monoisotopic (exact) mass is 290 g/mol. The van der Waals surface area contributed by atoms with Gasteiger partial charge in [-0.3, -0.25) is 9.59 Å². The number of carbonyl (C=O) groups excluding carboxylic acids is 2. The summed E-state index contributed by atoms with van der Waals surface area (Å²) in [5.41, 5.74) is 0.509. The SMILES string of the molecule is O=C(COC(=O)[C@H]1C[C@@H]2C=C[C@H]1C2)c1ccc(Cl)cc1. The molecular formula is C16H15ClO3. The number of hydrogen-bond acceptors (Lipinski definition) is 3. The van der Waals surface area contributed by atoms with Gasteiger partial charge in [-0.1, -0.05) is 23.8 Å². The average molecular weight is 291 g/mol. The summed E-state index contributed by atoms with van der Waals surface area (Å²) in [6.45, 7) is -0.196. The van der Waals surface area contributed by atoms with Crippen molar-refractivity contribution in [1.82, 2.24) is 0 Å². The standard InChI is InChI=1S/C16H15ClO3/c17-13-5-3-11(4-6-13)15(18)9-20-16(19)14-8-10-1-2-12(14)7-10/h1-6,10,12,14H,7-9H2/t10-,12+,14+/m1/s1. The molecule has 0 radical (unpaired) electrons. The zero-order valence-corrected chi connectivity index (χ0v) is 11.7. The summed E-state index contributed by atoms with van der Waals surface area (Å²) >= 11 is 5.76. The Kier molecular flexibility index (Phi) is 3.62. The maximum Gasteiger partial charge on any atom is 0.310 e. The molecule has 1 aromatic carbocycles. The molecule has 3 atom stereocenters. The number of benzene rings is 1. The van der Waals surface area contributed by atoms with Crippen LogP contribution in [0.15, 0.2) is 36.4 Å². The first-order valence-corrected chi connectivity index (χ1v) is 7.15. The first-order chi connectivity index (χ1) is 9.63. The smallest absolute Gasteiger partial charge is 0.310 e. The molecule has 3 nitrogen and oxygen atoms in total. The summed E-state index contributed by atoms with van der Waals surface area (Å²) in [6.07, 6.45) is 6.18. The summed E-state index contributed by atoms with van der Waals surface area (Å²) in [7, 11) is 0. The fourth-order valence-electron chi connectivity index (χ4n) is 3.01. The van der Waals surface area contributed by atoms with Crippen LogP contribution in [0, 0.1) is 17.8 Å². The minimum Gasteiger partial charge on any atom is -0.457 e. The van der Waals surface area contributed by atoms with Crippen molar-refractivity contribution in [1.29, 1.82) is 0 Å². The zero-order chi connectivity index (χ0) is 14.1. The van der Waals surface area contributed by atoms with Gasteiger partial charge in [0, 0.05) is 10.6 Å². The van der Waals surface area contributed by atoms with Crippen LogP contribution in [0.2, 0.25) is 5.02 Å². The van der Waals surface area contributed by atoms with E-state index in [2.05, 4.69) is 12.2 Å². The number of fused-ring (bicyclic) bond motifs is 2. The van der Waals surface area contributed by atoms with E-state index in [0.29, 0.717) is 22.4 Å². The van der Waals surface area contributed by atoms with E-state index >= 15 is 0 Å². The van der Waals surface area contributed by atoms with Crippen molar-refractivity contribution in [2.24, 2.45) is 17.8 Å². The van der Waals surface area contributed by atoms with Gasteiger partial charge < -0.3 is 4.74 Å². The van der Waals surface area contributed by atoms with Crippen LogP contribution in [-0.4, -0.2) is 18.4 Å². The molecule has 0 saturated heterocycles. The lowest BCUT2D eigenvalue weighted by Gasteiger charge is -2.16. The minimum absolute atomic E-state index is 0.0667. The summed E-state index contributed by atoms with van der Waals surface area (Å²) < 4.78 is 5.17. The third-order valence-corrected chi connectivity index (χ3v) is 4.35. The molecule has 4 heteroatoms. The molecule has 20 heavy (non-hydrogen) atoms. The number of halogens is 1. The van der Waals surface area contributed by atoms with Gasteiger partial charge in [0.05, 0.1) is 5.92 Å². The maximum absolute atomic E-state index is 12.0. The van der Waals surface area contributed by atoms with E-state index in [1.54, 1.807) is 24.3 Å². The zero-order valence-electron chi connectivity index (χ0n) is 10.9. The largest absolute Gasteiger partial charge is 0.457 e.